The summed E-state index contributed by atoms with van der Waals surface area (Å²) in [5.41, 5.74) is 2.20. The zero-order valence-corrected chi connectivity index (χ0v) is 8.79. The summed E-state index contributed by atoms with van der Waals surface area (Å²) in [5.74, 6) is 5.21. The van der Waals surface area contributed by atoms with Crippen molar-refractivity contribution in [2.75, 3.05) is 0 Å². The Labute approximate surface area is 89.9 Å². The van der Waals surface area contributed by atoms with Gasteiger partial charge >= 0.3 is 5.97 Å². The molecule has 0 bridgehead atoms. The third-order valence-corrected chi connectivity index (χ3v) is 1.98. The van der Waals surface area contributed by atoms with E-state index >= 15 is 0 Å². The van der Waals surface area contributed by atoms with Gasteiger partial charge in [-0.3, -0.25) is 4.79 Å². The lowest BCUT2D eigenvalue weighted by molar-refractivity contribution is -0.137. The highest BCUT2D eigenvalue weighted by molar-refractivity contribution is 5.66. The van der Waals surface area contributed by atoms with E-state index in [2.05, 4.69) is 11.8 Å². The minimum atomic E-state index is -0.757. The molecule has 2 nitrogen and oxygen atoms in total. The Morgan fingerprint density at radius 3 is 2.60 bits per heavy atom. The fraction of sp³-hybridized carbons (Fsp3) is 0.308. The van der Waals surface area contributed by atoms with Gasteiger partial charge in [-0.05, 0) is 25.5 Å². The average molecular weight is 202 g/mol. The number of aliphatic carboxylic acids is 1. The molecule has 15 heavy (non-hydrogen) atoms. The van der Waals surface area contributed by atoms with Crippen LogP contribution in [-0.4, -0.2) is 11.1 Å². The van der Waals surface area contributed by atoms with Crippen LogP contribution in [0.1, 0.15) is 30.4 Å². The number of hydrogen-bond acceptors (Lipinski definition) is 1. The van der Waals surface area contributed by atoms with Crippen molar-refractivity contribution in [1.29, 1.82) is 0 Å². The molecule has 1 N–H and O–H groups in total. The number of carboxylic acids is 1. The third kappa shape index (κ3) is 4.87. The van der Waals surface area contributed by atoms with Crippen LogP contribution in [0.3, 0.4) is 0 Å². The van der Waals surface area contributed by atoms with Gasteiger partial charge in [0.2, 0.25) is 0 Å². The van der Waals surface area contributed by atoms with E-state index in [1.165, 1.54) is 5.56 Å². The van der Waals surface area contributed by atoms with Gasteiger partial charge in [0.15, 0.2) is 0 Å². The van der Waals surface area contributed by atoms with E-state index in [1.807, 2.05) is 31.2 Å². The van der Waals surface area contributed by atoms with Gasteiger partial charge in [0.1, 0.15) is 0 Å². The fourth-order valence-corrected chi connectivity index (χ4v) is 1.13. The second kappa shape index (κ2) is 5.87. The zero-order valence-electron chi connectivity index (χ0n) is 8.79. The molecule has 1 rings (SSSR count). The van der Waals surface area contributed by atoms with E-state index in [0.29, 0.717) is 12.8 Å². The minimum Gasteiger partial charge on any atom is -0.481 e. The normalized spacial score (nSPS) is 9.13. The Balaban J connectivity index is 2.38. The maximum atomic E-state index is 10.2. The number of aryl methyl sites for hydroxylation is 1. The molecule has 0 amide bonds. The second-order valence-corrected chi connectivity index (χ2v) is 3.42. The first kappa shape index (κ1) is 11.3. The van der Waals surface area contributed by atoms with Crippen LogP contribution < -0.4 is 0 Å². The Morgan fingerprint density at radius 1 is 1.33 bits per heavy atom. The number of unbranched alkanes of at least 4 members (excludes halogenated alkanes) is 1. The molecular formula is C13H14O2. The lowest BCUT2D eigenvalue weighted by Gasteiger charge is -1.91. The van der Waals surface area contributed by atoms with Crippen molar-refractivity contribution in [3.8, 4) is 11.8 Å². The molecule has 0 aliphatic carbocycles. The average Bonchev–Trinajstić information content (AvgIpc) is 2.20. The first-order valence-corrected chi connectivity index (χ1v) is 4.96. The van der Waals surface area contributed by atoms with Crippen LogP contribution in [0.15, 0.2) is 24.3 Å². The van der Waals surface area contributed by atoms with Crippen LogP contribution in [0.25, 0.3) is 0 Å². The lowest BCUT2D eigenvalue weighted by Crippen LogP contribution is -1.92. The van der Waals surface area contributed by atoms with Crippen molar-refractivity contribution >= 4 is 5.97 Å². The van der Waals surface area contributed by atoms with Crippen LogP contribution in [0.4, 0.5) is 0 Å². The predicted molar refractivity (Wildman–Crippen MR) is 59.5 cm³/mol. The molecule has 1 aromatic carbocycles. The highest BCUT2D eigenvalue weighted by Crippen LogP contribution is 2.01. The van der Waals surface area contributed by atoms with E-state index in [9.17, 15) is 4.79 Å². The molecule has 0 saturated heterocycles. The molecule has 0 aromatic heterocycles. The van der Waals surface area contributed by atoms with Crippen LogP contribution in [-0.2, 0) is 4.79 Å². The molecular weight excluding hydrogens is 188 g/mol. The molecule has 0 aliphatic heterocycles. The van der Waals surface area contributed by atoms with Gasteiger partial charge in [0.05, 0.1) is 0 Å². The van der Waals surface area contributed by atoms with Crippen LogP contribution >= 0.6 is 0 Å². The Kier molecular flexibility index (Phi) is 4.43. The zero-order chi connectivity index (χ0) is 11.1. The van der Waals surface area contributed by atoms with Gasteiger partial charge in [-0.25, -0.2) is 0 Å². The molecule has 0 radical (unpaired) electrons. The molecule has 0 heterocycles. The van der Waals surface area contributed by atoms with E-state index in [0.717, 1.165) is 5.56 Å². The van der Waals surface area contributed by atoms with Gasteiger partial charge < -0.3 is 5.11 Å². The second-order valence-electron chi connectivity index (χ2n) is 3.42. The van der Waals surface area contributed by atoms with E-state index in [4.69, 9.17) is 5.11 Å². The van der Waals surface area contributed by atoms with Crippen LogP contribution in [0, 0.1) is 18.8 Å². The van der Waals surface area contributed by atoms with E-state index in [1.54, 1.807) is 0 Å². The van der Waals surface area contributed by atoms with Gasteiger partial charge in [-0.2, -0.15) is 0 Å². The monoisotopic (exact) mass is 202 g/mol. The van der Waals surface area contributed by atoms with Crippen molar-refractivity contribution < 1.29 is 9.90 Å². The third-order valence-electron chi connectivity index (χ3n) is 1.98. The summed E-state index contributed by atoms with van der Waals surface area (Å²) in [7, 11) is 0. The highest BCUT2D eigenvalue weighted by Gasteiger charge is 1.93. The topological polar surface area (TPSA) is 37.3 Å². The predicted octanol–water partition coefficient (Wildman–Crippen LogP) is 2.60. The fourth-order valence-electron chi connectivity index (χ4n) is 1.13. The summed E-state index contributed by atoms with van der Waals surface area (Å²) in [5, 5.41) is 8.41. The lowest BCUT2D eigenvalue weighted by atomic mass is 10.1. The molecule has 0 aliphatic rings. The maximum Gasteiger partial charge on any atom is 0.303 e. The molecule has 0 unspecified atom stereocenters. The number of carboxylic acid groups (broad SMARTS) is 1. The van der Waals surface area contributed by atoms with Crippen molar-refractivity contribution in [2.24, 2.45) is 0 Å². The number of carbonyl (C=O) groups is 1. The van der Waals surface area contributed by atoms with E-state index < -0.39 is 5.97 Å². The standard InChI is InChI=1S/C13H14O2/c1-11-7-9-12(10-8-11)5-3-2-4-6-13(14)15/h7-10H,2,4,6H2,1H3,(H,14,15). The molecule has 0 spiro atoms. The summed E-state index contributed by atoms with van der Waals surface area (Å²) < 4.78 is 0. The van der Waals surface area contributed by atoms with Crippen molar-refractivity contribution in [1.82, 2.24) is 0 Å². The summed E-state index contributed by atoms with van der Waals surface area (Å²) in [6.07, 6.45) is 1.46. The first-order chi connectivity index (χ1) is 7.18. The Bertz CT molecular complexity index is 379. The summed E-state index contributed by atoms with van der Waals surface area (Å²) in [6.45, 7) is 2.03. The molecule has 1 aromatic rings. The van der Waals surface area contributed by atoms with Gasteiger partial charge in [0.25, 0.3) is 0 Å². The smallest absolute Gasteiger partial charge is 0.303 e. The first-order valence-electron chi connectivity index (χ1n) is 4.96. The van der Waals surface area contributed by atoms with Crippen molar-refractivity contribution in [3.63, 3.8) is 0 Å². The maximum absolute atomic E-state index is 10.2. The number of benzene rings is 1. The molecule has 0 saturated carbocycles. The molecule has 2 heteroatoms. The molecule has 0 fully saturated rings. The minimum absolute atomic E-state index is 0.197. The number of rotatable bonds is 3. The summed E-state index contributed by atoms with van der Waals surface area (Å²) in [4.78, 5) is 10.2. The summed E-state index contributed by atoms with van der Waals surface area (Å²) >= 11 is 0. The highest BCUT2D eigenvalue weighted by atomic mass is 16.4. The summed E-state index contributed by atoms with van der Waals surface area (Å²) in [6, 6.07) is 7.97. The van der Waals surface area contributed by atoms with Gasteiger partial charge in [-0.1, -0.05) is 29.5 Å². The largest absolute Gasteiger partial charge is 0.481 e. The van der Waals surface area contributed by atoms with E-state index in [-0.39, 0.29) is 6.42 Å². The van der Waals surface area contributed by atoms with Crippen molar-refractivity contribution in [2.45, 2.75) is 26.2 Å². The number of hydrogen-bond donors (Lipinski definition) is 1. The quantitative estimate of drug-likeness (QED) is 0.604. The van der Waals surface area contributed by atoms with Gasteiger partial charge in [-0.15, -0.1) is 0 Å². The molecule has 78 valence electrons. The Hall–Kier alpha value is -1.75. The molecule has 0 atom stereocenters. The van der Waals surface area contributed by atoms with Crippen LogP contribution in [0.2, 0.25) is 0 Å². The Morgan fingerprint density at radius 2 is 2.00 bits per heavy atom. The van der Waals surface area contributed by atoms with Crippen molar-refractivity contribution in [3.05, 3.63) is 35.4 Å². The SMILES string of the molecule is Cc1ccc(C#CCCCC(=O)O)cc1. The van der Waals surface area contributed by atoms with Crippen LogP contribution in [0.5, 0.6) is 0 Å². The van der Waals surface area contributed by atoms with Gasteiger partial charge in [0, 0.05) is 18.4 Å².